The Morgan fingerprint density at radius 2 is 1.64 bits per heavy atom. The molecule has 4 heterocycles. The summed E-state index contributed by atoms with van der Waals surface area (Å²) in [5, 5.41) is 14.1. The van der Waals surface area contributed by atoms with Crippen molar-refractivity contribution in [1.82, 2.24) is 15.1 Å². The summed E-state index contributed by atoms with van der Waals surface area (Å²) < 4.78 is 19.3. The van der Waals surface area contributed by atoms with Crippen LogP contribution in [0, 0.1) is 17.3 Å². The second-order valence-corrected chi connectivity index (χ2v) is 17.9. The molecule has 4 aliphatic rings. The van der Waals surface area contributed by atoms with E-state index >= 15 is 9.59 Å². The monoisotopic (exact) mass is 819 g/mol. The van der Waals surface area contributed by atoms with Crippen LogP contribution in [0.15, 0.2) is 83.4 Å². The molecule has 11 nitrogen and oxygen atoms in total. The van der Waals surface area contributed by atoms with Crippen LogP contribution in [-0.4, -0.2) is 101 Å². The van der Waals surface area contributed by atoms with Crippen LogP contribution in [0.25, 0.3) is 0 Å². The van der Waals surface area contributed by atoms with E-state index in [2.05, 4.69) is 42.0 Å². The van der Waals surface area contributed by atoms with Gasteiger partial charge in [0.2, 0.25) is 17.7 Å². The summed E-state index contributed by atoms with van der Waals surface area (Å²) in [6.07, 6.45) is 5.16. The van der Waals surface area contributed by atoms with Crippen LogP contribution in [0.4, 0.5) is 0 Å². The number of nitrogens with zero attached hydrogens (tertiary/aromatic N) is 2. The van der Waals surface area contributed by atoms with Gasteiger partial charge in [-0.3, -0.25) is 19.2 Å². The van der Waals surface area contributed by atoms with E-state index in [9.17, 15) is 14.7 Å². The molecular formula is C43H54BrN3O8. The normalized spacial score (nSPS) is 30.1. The minimum atomic E-state index is -1.54. The Hall–Kier alpha value is -3.84. The summed E-state index contributed by atoms with van der Waals surface area (Å²) in [4.78, 5) is 62.2. The molecule has 2 N–H and O–H groups in total. The van der Waals surface area contributed by atoms with Gasteiger partial charge in [-0.25, -0.2) is 0 Å². The first kappa shape index (κ1) is 40.8. The highest BCUT2D eigenvalue weighted by Gasteiger charge is 2.76. The van der Waals surface area contributed by atoms with Crippen LogP contribution >= 0.6 is 15.9 Å². The number of benzene rings is 2. The lowest BCUT2D eigenvalue weighted by atomic mass is 9.74. The molecular weight excluding hydrogens is 766 g/mol. The Kier molecular flexibility index (Phi) is 12.1. The van der Waals surface area contributed by atoms with Gasteiger partial charge in [0.15, 0.2) is 0 Å². The Bertz CT molecular complexity index is 1790. The number of aliphatic hydroxyl groups excluding tert-OH is 1. The molecule has 12 heteroatoms. The third kappa shape index (κ3) is 8.19. The van der Waals surface area contributed by atoms with Gasteiger partial charge in [0.25, 0.3) is 0 Å². The maximum atomic E-state index is 15.6. The Labute approximate surface area is 332 Å². The number of hydrogen-bond donors (Lipinski definition) is 2. The molecule has 1 spiro atoms. The lowest BCUT2D eigenvalue weighted by molar-refractivity contribution is -0.163. The van der Waals surface area contributed by atoms with E-state index < -0.39 is 71.8 Å². The van der Waals surface area contributed by atoms with Crippen molar-refractivity contribution in [1.29, 1.82) is 0 Å². The van der Waals surface area contributed by atoms with Crippen molar-refractivity contribution in [3.63, 3.8) is 0 Å². The molecule has 0 saturated carbocycles. The SMILES string of the molecule is COC[C@@H]1NC(=O)CC/C=C\CN(C(C)(C)CC(C)(C)C)C(=O)[C@H]2N([C@@H](CO)Cc3ccccc3)C(=O)[C@@H]3[C@@H](C(=O)O[C@H]1c1ccccc1)[C@@H]1O[C@@]32C=C1Br. The summed E-state index contributed by atoms with van der Waals surface area (Å²) in [5.41, 5.74) is -0.894. The molecule has 0 aliphatic carbocycles. The molecule has 0 unspecified atom stereocenters. The van der Waals surface area contributed by atoms with E-state index in [0.29, 0.717) is 22.9 Å². The number of carbonyl (C=O) groups is 4. The number of carbonyl (C=O) groups excluding carboxylic acids is 4. The van der Waals surface area contributed by atoms with Gasteiger partial charge in [0.1, 0.15) is 29.8 Å². The Morgan fingerprint density at radius 1 is 0.964 bits per heavy atom. The number of halogens is 1. The number of allylic oxidation sites excluding steroid dienone is 1. The lowest BCUT2D eigenvalue weighted by Crippen LogP contribution is -2.62. The van der Waals surface area contributed by atoms with E-state index in [-0.39, 0.29) is 43.2 Å². The van der Waals surface area contributed by atoms with Crippen molar-refractivity contribution in [2.45, 2.75) is 102 Å². The van der Waals surface area contributed by atoms with Crippen molar-refractivity contribution in [3.05, 3.63) is 94.5 Å². The van der Waals surface area contributed by atoms with E-state index in [1.807, 2.05) is 86.7 Å². The number of esters is 1. The standard InChI is InChI=1S/C43H54BrN3O8/c1-41(2,3)26-42(4,5)46-21-15-9-14-20-32(49)45-31(25-53-6)35(28-18-12-8-13-19-28)54-40(52)33-34-38(50)47(29(24-48)22-27-16-10-7-11-17-27)37(39(46)51)43(34)23-30(44)36(33)55-43/h7-13,15-19,23,29,31,33-37,48H,14,20-22,24-26H2,1-6H3,(H,45,49)/b15-9-/t29-,31+,33-,34+,35+,36-,37-,43+/m1/s1. The first-order chi connectivity index (χ1) is 26.1. The summed E-state index contributed by atoms with van der Waals surface area (Å²) in [5.74, 6) is -4.03. The number of rotatable bonds is 9. The van der Waals surface area contributed by atoms with Gasteiger partial charge >= 0.3 is 5.97 Å². The first-order valence-electron chi connectivity index (χ1n) is 19.1. The van der Waals surface area contributed by atoms with Gasteiger partial charge in [-0.1, -0.05) is 110 Å². The molecule has 6 rings (SSSR count). The van der Waals surface area contributed by atoms with Crippen molar-refractivity contribution < 1.29 is 38.5 Å². The fourth-order valence-corrected chi connectivity index (χ4v) is 10.1. The summed E-state index contributed by atoms with van der Waals surface area (Å²) >= 11 is 3.66. The Balaban J connectivity index is 1.52. The second kappa shape index (κ2) is 16.3. The predicted octanol–water partition coefficient (Wildman–Crippen LogP) is 5.27. The average molecular weight is 821 g/mol. The smallest absolute Gasteiger partial charge is 0.313 e. The number of likely N-dealkylation sites (tertiary alicyclic amines) is 1. The van der Waals surface area contributed by atoms with Gasteiger partial charge in [-0.15, -0.1) is 0 Å². The fourth-order valence-electron chi connectivity index (χ4n) is 9.32. The van der Waals surface area contributed by atoms with Crippen molar-refractivity contribution >= 4 is 39.6 Å². The number of nitrogens with one attached hydrogen (secondary N) is 1. The first-order valence-corrected chi connectivity index (χ1v) is 19.9. The molecule has 3 amide bonds. The summed E-state index contributed by atoms with van der Waals surface area (Å²) in [7, 11) is 1.51. The highest BCUT2D eigenvalue weighted by Crippen LogP contribution is 2.59. The molecule has 8 atom stereocenters. The summed E-state index contributed by atoms with van der Waals surface area (Å²) in [6.45, 7) is 10.2. The molecule has 2 saturated heterocycles. The molecule has 2 aromatic carbocycles. The topological polar surface area (TPSA) is 135 Å². The third-order valence-electron chi connectivity index (χ3n) is 11.2. The van der Waals surface area contributed by atoms with Gasteiger partial charge in [0, 0.05) is 30.1 Å². The quantitative estimate of drug-likeness (QED) is 0.258. The maximum absolute atomic E-state index is 15.6. The number of fused-ring (bicyclic) bond motifs is 2. The third-order valence-corrected chi connectivity index (χ3v) is 11.9. The van der Waals surface area contributed by atoms with Gasteiger partial charge in [-0.2, -0.15) is 0 Å². The second-order valence-electron chi connectivity index (χ2n) is 17.0. The molecule has 2 aromatic rings. The number of cyclic esters (lactones) is 1. The number of methoxy groups -OCH3 is 1. The molecule has 296 valence electrons. The van der Waals surface area contributed by atoms with Crippen LogP contribution in [-0.2, 0) is 39.8 Å². The molecule has 4 aliphatic heterocycles. The minimum Gasteiger partial charge on any atom is -0.455 e. The van der Waals surface area contributed by atoms with E-state index in [4.69, 9.17) is 14.2 Å². The molecule has 5 bridgehead atoms. The summed E-state index contributed by atoms with van der Waals surface area (Å²) in [6, 6.07) is 15.9. The molecule has 55 heavy (non-hydrogen) atoms. The number of hydrogen-bond acceptors (Lipinski definition) is 8. The van der Waals surface area contributed by atoms with Crippen LogP contribution in [0.3, 0.4) is 0 Å². The van der Waals surface area contributed by atoms with Crippen LogP contribution in [0.5, 0.6) is 0 Å². The van der Waals surface area contributed by atoms with Crippen molar-refractivity contribution in [3.8, 4) is 0 Å². The van der Waals surface area contributed by atoms with Gasteiger partial charge in [-0.05, 0) is 55.7 Å². The predicted molar refractivity (Wildman–Crippen MR) is 211 cm³/mol. The van der Waals surface area contributed by atoms with Gasteiger partial charge in [0.05, 0.1) is 31.2 Å². The van der Waals surface area contributed by atoms with E-state index in [1.165, 1.54) is 12.0 Å². The number of amides is 3. The van der Waals surface area contributed by atoms with E-state index in [1.54, 1.807) is 11.0 Å². The van der Waals surface area contributed by atoms with E-state index in [0.717, 1.165) is 5.56 Å². The van der Waals surface area contributed by atoms with Crippen LogP contribution in [0.2, 0.25) is 0 Å². The number of ether oxygens (including phenoxy) is 3. The minimum absolute atomic E-state index is 0.0503. The number of aliphatic hydroxyl groups is 1. The molecule has 0 radical (unpaired) electrons. The average Bonchev–Trinajstić information content (AvgIpc) is 3.73. The van der Waals surface area contributed by atoms with Crippen LogP contribution < -0.4 is 5.32 Å². The van der Waals surface area contributed by atoms with Crippen molar-refractivity contribution in [2.24, 2.45) is 17.3 Å². The van der Waals surface area contributed by atoms with Gasteiger partial charge < -0.3 is 34.4 Å². The zero-order valence-corrected chi connectivity index (χ0v) is 34.2. The highest BCUT2D eigenvalue weighted by molar-refractivity contribution is 9.11. The highest BCUT2D eigenvalue weighted by atomic mass is 79.9. The fraction of sp³-hybridized carbons (Fsp3) is 0.535. The largest absolute Gasteiger partial charge is 0.455 e. The van der Waals surface area contributed by atoms with Crippen LogP contribution in [0.1, 0.15) is 71.1 Å². The molecule has 0 aromatic heterocycles. The maximum Gasteiger partial charge on any atom is 0.313 e. The Morgan fingerprint density at radius 3 is 2.27 bits per heavy atom. The molecule has 2 fully saturated rings. The zero-order chi connectivity index (χ0) is 39.7. The van der Waals surface area contributed by atoms with Crippen molar-refractivity contribution in [2.75, 3.05) is 26.9 Å². The zero-order valence-electron chi connectivity index (χ0n) is 32.6. The lowest BCUT2D eigenvalue weighted by Gasteiger charge is -2.46.